The number of alkyl halides is 2. The van der Waals surface area contributed by atoms with Crippen molar-refractivity contribution in [2.75, 3.05) is 6.61 Å². The minimum Gasteiger partial charge on any atom is -0.462 e. The molecule has 0 radical (unpaired) electrons. The van der Waals surface area contributed by atoms with Gasteiger partial charge >= 0.3 is 12.6 Å². The van der Waals surface area contributed by atoms with E-state index in [1.54, 1.807) is 13.0 Å². The lowest BCUT2D eigenvalue weighted by Gasteiger charge is -2.10. The van der Waals surface area contributed by atoms with E-state index in [2.05, 4.69) is 4.74 Å². The van der Waals surface area contributed by atoms with Crippen molar-refractivity contribution in [1.82, 2.24) is 0 Å². The topological polar surface area (TPSA) is 76.4 Å². The molecule has 0 saturated heterocycles. The summed E-state index contributed by atoms with van der Waals surface area (Å²) in [5, 5.41) is 8.95. The van der Waals surface area contributed by atoms with Crippen LogP contribution in [-0.2, 0) is 4.74 Å². The van der Waals surface area contributed by atoms with Crippen molar-refractivity contribution in [3.05, 3.63) is 28.8 Å². The lowest BCUT2D eigenvalue weighted by molar-refractivity contribution is -0.0500. The fourth-order valence-electron chi connectivity index (χ4n) is 1.42. The van der Waals surface area contributed by atoms with Crippen LogP contribution in [0.25, 0.3) is 0 Å². The molecule has 19 heavy (non-hydrogen) atoms. The Bertz CT molecular complexity index is 537. The molecule has 7 heteroatoms. The van der Waals surface area contributed by atoms with Crippen LogP contribution in [-0.4, -0.2) is 25.5 Å². The Hall–Kier alpha value is -2.49. The molecule has 0 N–H and O–H groups in total. The van der Waals surface area contributed by atoms with E-state index in [0.29, 0.717) is 0 Å². The van der Waals surface area contributed by atoms with E-state index in [1.165, 1.54) is 0 Å². The van der Waals surface area contributed by atoms with E-state index in [1.807, 2.05) is 0 Å². The number of nitriles is 1. The van der Waals surface area contributed by atoms with Crippen LogP contribution in [0, 0.1) is 11.3 Å². The molecule has 0 aromatic heterocycles. The van der Waals surface area contributed by atoms with Gasteiger partial charge in [-0.1, -0.05) is 0 Å². The van der Waals surface area contributed by atoms with Gasteiger partial charge < -0.3 is 9.47 Å². The third-order valence-electron chi connectivity index (χ3n) is 2.15. The Morgan fingerprint density at radius 3 is 2.68 bits per heavy atom. The van der Waals surface area contributed by atoms with Crippen molar-refractivity contribution >= 4 is 12.3 Å². The zero-order valence-corrected chi connectivity index (χ0v) is 9.85. The summed E-state index contributed by atoms with van der Waals surface area (Å²) in [7, 11) is 0. The molecule has 0 aliphatic rings. The van der Waals surface area contributed by atoms with Crippen LogP contribution in [0.3, 0.4) is 0 Å². The third-order valence-corrected chi connectivity index (χ3v) is 2.15. The quantitative estimate of drug-likeness (QED) is 0.604. The van der Waals surface area contributed by atoms with Crippen molar-refractivity contribution < 1.29 is 27.8 Å². The number of ether oxygens (including phenoxy) is 2. The Morgan fingerprint density at radius 1 is 1.53 bits per heavy atom. The summed E-state index contributed by atoms with van der Waals surface area (Å²) in [5.41, 5.74) is -0.937. The summed E-state index contributed by atoms with van der Waals surface area (Å²) in [5.74, 6) is -1.28. The van der Waals surface area contributed by atoms with Gasteiger partial charge in [0.15, 0.2) is 6.29 Å². The number of benzene rings is 1. The van der Waals surface area contributed by atoms with Gasteiger partial charge in [0.2, 0.25) is 0 Å². The number of aldehydes is 1. The average Bonchev–Trinajstić information content (AvgIpc) is 2.37. The Labute approximate surface area is 107 Å². The SMILES string of the molecule is CCOC(=O)c1ccc(OC(F)F)c(C=O)c1C#N. The highest BCUT2D eigenvalue weighted by molar-refractivity contribution is 5.97. The molecule has 0 bridgehead atoms. The van der Waals surface area contributed by atoms with Crippen LogP contribution in [0.4, 0.5) is 8.78 Å². The first-order chi connectivity index (χ1) is 9.04. The predicted molar refractivity (Wildman–Crippen MR) is 59.1 cm³/mol. The first kappa shape index (κ1) is 14.6. The van der Waals surface area contributed by atoms with Crippen LogP contribution < -0.4 is 4.74 Å². The van der Waals surface area contributed by atoms with Crippen molar-refractivity contribution in [3.8, 4) is 11.8 Å². The largest absolute Gasteiger partial charge is 0.462 e. The smallest absolute Gasteiger partial charge is 0.387 e. The maximum Gasteiger partial charge on any atom is 0.387 e. The fraction of sp³-hybridized carbons (Fsp3) is 0.250. The van der Waals surface area contributed by atoms with Gasteiger partial charge in [0.05, 0.1) is 23.3 Å². The van der Waals surface area contributed by atoms with Crippen LogP contribution in [0.5, 0.6) is 5.75 Å². The van der Waals surface area contributed by atoms with Crippen molar-refractivity contribution in [1.29, 1.82) is 5.26 Å². The zero-order valence-electron chi connectivity index (χ0n) is 9.85. The maximum atomic E-state index is 12.1. The summed E-state index contributed by atoms with van der Waals surface area (Å²) in [6.45, 7) is -1.49. The van der Waals surface area contributed by atoms with E-state index >= 15 is 0 Å². The van der Waals surface area contributed by atoms with Gasteiger partial charge in [0.25, 0.3) is 0 Å². The molecule has 0 aliphatic carbocycles. The van der Waals surface area contributed by atoms with Crippen LogP contribution in [0.15, 0.2) is 12.1 Å². The Morgan fingerprint density at radius 2 is 2.21 bits per heavy atom. The number of carbonyl (C=O) groups excluding carboxylic acids is 2. The molecule has 1 aromatic rings. The molecule has 0 spiro atoms. The summed E-state index contributed by atoms with van der Waals surface area (Å²) >= 11 is 0. The summed E-state index contributed by atoms with van der Waals surface area (Å²) < 4.78 is 33.1. The number of hydrogen-bond acceptors (Lipinski definition) is 5. The highest BCUT2D eigenvalue weighted by atomic mass is 19.3. The van der Waals surface area contributed by atoms with Crippen LogP contribution >= 0.6 is 0 Å². The molecular weight excluding hydrogens is 260 g/mol. The highest BCUT2D eigenvalue weighted by Gasteiger charge is 2.21. The van der Waals surface area contributed by atoms with Crippen molar-refractivity contribution in [2.45, 2.75) is 13.5 Å². The molecule has 0 aliphatic heterocycles. The van der Waals surface area contributed by atoms with Gasteiger partial charge in [-0.05, 0) is 19.1 Å². The Balaban J connectivity index is 3.35. The first-order valence-electron chi connectivity index (χ1n) is 5.19. The minimum atomic E-state index is -3.14. The predicted octanol–water partition coefficient (Wildman–Crippen LogP) is 2.15. The van der Waals surface area contributed by atoms with E-state index in [9.17, 15) is 18.4 Å². The van der Waals surface area contributed by atoms with Gasteiger partial charge in [-0.3, -0.25) is 4.79 Å². The number of esters is 1. The minimum absolute atomic E-state index is 0.0788. The van der Waals surface area contributed by atoms with Crippen molar-refractivity contribution in [2.24, 2.45) is 0 Å². The van der Waals surface area contributed by atoms with Gasteiger partial charge in [-0.2, -0.15) is 14.0 Å². The molecule has 5 nitrogen and oxygen atoms in total. The number of carbonyl (C=O) groups is 2. The molecule has 0 saturated carbocycles. The van der Waals surface area contributed by atoms with E-state index < -0.39 is 23.9 Å². The van der Waals surface area contributed by atoms with Gasteiger partial charge in [0, 0.05) is 0 Å². The average molecular weight is 269 g/mol. The van der Waals surface area contributed by atoms with Gasteiger partial charge in [-0.25, -0.2) is 4.79 Å². The second-order valence-electron chi connectivity index (χ2n) is 3.23. The molecule has 0 fully saturated rings. The second kappa shape index (κ2) is 6.44. The normalized spacial score (nSPS) is 9.84. The van der Waals surface area contributed by atoms with Gasteiger partial charge in [-0.15, -0.1) is 0 Å². The molecule has 0 unspecified atom stereocenters. The van der Waals surface area contributed by atoms with Crippen LogP contribution in [0.1, 0.15) is 33.2 Å². The fourth-order valence-corrected chi connectivity index (χ4v) is 1.42. The standard InChI is InChI=1S/C12H9F2NO4/c1-2-18-11(17)7-3-4-10(19-12(13)14)9(6-16)8(7)5-15/h3-4,6,12H,2H2,1H3. The maximum absolute atomic E-state index is 12.1. The molecule has 0 amide bonds. The monoisotopic (exact) mass is 269 g/mol. The lowest BCUT2D eigenvalue weighted by atomic mass is 10.0. The van der Waals surface area contributed by atoms with E-state index in [-0.39, 0.29) is 24.0 Å². The summed E-state index contributed by atoms with van der Waals surface area (Å²) in [6, 6.07) is 3.73. The number of halogens is 2. The number of hydrogen-bond donors (Lipinski definition) is 0. The number of rotatable bonds is 5. The Kier molecular flexibility index (Phi) is 4.94. The molecule has 1 rings (SSSR count). The molecule has 100 valence electrons. The molecule has 0 heterocycles. The van der Waals surface area contributed by atoms with E-state index in [4.69, 9.17) is 10.00 Å². The molecule has 1 aromatic carbocycles. The number of nitrogens with zero attached hydrogens (tertiary/aromatic N) is 1. The highest BCUT2D eigenvalue weighted by Crippen LogP contribution is 2.25. The molecular formula is C12H9F2NO4. The van der Waals surface area contributed by atoms with Gasteiger partial charge in [0.1, 0.15) is 11.8 Å². The zero-order chi connectivity index (χ0) is 14.4. The van der Waals surface area contributed by atoms with Crippen LogP contribution in [0.2, 0.25) is 0 Å². The van der Waals surface area contributed by atoms with E-state index in [0.717, 1.165) is 12.1 Å². The summed E-state index contributed by atoms with van der Waals surface area (Å²) in [4.78, 5) is 22.4. The lowest BCUT2D eigenvalue weighted by Crippen LogP contribution is -2.11. The summed E-state index contributed by atoms with van der Waals surface area (Å²) in [6.07, 6.45) is 0.180. The second-order valence-corrected chi connectivity index (χ2v) is 3.23. The first-order valence-corrected chi connectivity index (χ1v) is 5.19. The molecule has 0 atom stereocenters. The third kappa shape index (κ3) is 3.25. The van der Waals surface area contributed by atoms with Crippen molar-refractivity contribution in [3.63, 3.8) is 0 Å².